The molecule has 0 amide bonds. The van der Waals surface area contributed by atoms with Gasteiger partial charge in [-0.25, -0.2) is 0 Å². The molecule has 0 radical (unpaired) electrons. The molecule has 0 saturated carbocycles. The average molecular weight is 345 g/mol. The number of benzene rings is 1. The van der Waals surface area contributed by atoms with E-state index in [1.807, 2.05) is 6.07 Å². The minimum absolute atomic E-state index is 0.287. The van der Waals surface area contributed by atoms with Crippen LogP contribution in [-0.2, 0) is 10.2 Å². The highest BCUT2D eigenvalue weighted by Crippen LogP contribution is 2.22. The Balaban J connectivity index is 2.25. The lowest BCUT2D eigenvalue weighted by molar-refractivity contribution is 0.362. The summed E-state index contributed by atoms with van der Waals surface area (Å²) in [5.41, 5.74) is 0.581. The second kappa shape index (κ2) is 5.88. The molecule has 1 saturated heterocycles. The first-order valence-electron chi connectivity index (χ1n) is 5.71. The Morgan fingerprint density at radius 2 is 2.05 bits per heavy atom. The van der Waals surface area contributed by atoms with Crippen molar-refractivity contribution in [3.63, 3.8) is 0 Å². The van der Waals surface area contributed by atoms with Crippen LogP contribution in [0.4, 0.5) is 5.69 Å². The minimum atomic E-state index is -3.61. The summed E-state index contributed by atoms with van der Waals surface area (Å²) in [7, 11) is -3.61. The van der Waals surface area contributed by atoms with Crippen molar-refractivity contribution in [2.45, 2.75) is 0 Å². The molecule has 0 aliphatic carbocycles. The summed E-state index contributed by atoms with van der Waals surface area (Å²) >= 11 is 3.26. The van der Waals surface area contributed by atoms with E-state index in [9.17, 15) is 8.42 Å². The molecule has 19 heavy (non-hydrogen) atoms. The van der Waals surface area contributed by atoms with Gasteiger partial charge < -0.3 is 5.32 Å². The van der Waals surface area contributed by atoms with E-state index in [2.05, 4.69) is 26.0 Å². The topological polar surface area (TPSA) is 85.2 Å². The molecule has 0 spiro atoms. The maximum atomic E-state index is 12.2. The van der Waals surface area contributed by atoms with E-state index >= 15 is 0 Å². The molecule has 0 aromatic heterocycles. The van der Waals surface area contributed by atoms with Crippen LogP contribution in [0, 0.1) is 11.3 Å². The molecular weight excluding hydrogens is 332 g/mol. The molecule has 1 fully saturated rings. The van der Waals surface area contributed by atoms with Crippen molar-refractivity contribution in [1.29, 1.82) is 5.26 Å². The molecule has 0 bridgehead atoms. The van der Waals surface area contributed by atoms with Crippen molar-refractivity contribution < 1.29 is 8.42 Å². The number of anilines is 1. The fraction of sp³-hybridized carbons (Fsp3) is 0.364. The first-order chi connectivity index (χ1) is 9.03. The third-order valence-corrected chi connectivity index (χ3v) is 4.77. The fourth-order valence-corrected chi connectivity index (χ4v) is 3.39. The normalized spacial score (nSPS) is 16.8. The van der Waals surface area contributed by atoms with E-state index in [4.69, 9.17) is 5.26 Å². The van der Waals surface area contributed by atoms with E-state index in [0.29, 0.717) is 36.2 Å². The highest BCUT2D eigenvalue weighted by Gasteiger charge is 2.24. The molecular formula is C11H13BrN4O2S. The first kappa shape index (κ1) is 14.3. The Bertz CT molecular complexity index is 606. The number of nitriles is 1. The van der Waals surface area contributed by atoms with Crippen molar-refractivity contribution in [2.24, 2.45) is 0 Å². The van der Waals surface area contributed by atoms with Crippen molar-refractivity contribution in [1.82, 2.24) is 9.62 Å². The Hall–Kier alpha value is -1.14. The molecule has 102 valence electrons. The zero-order valence-electron chi connectivity index (χ0n) is 10.1. The van der Waals surface area contributed by atoms with Gasteiger partial charge in [-0.1, -0.05) is 15.9 Å². The number of nitrogens with one attached hydrogen (secondary N) is 2. The van der Waals surface area contributed by atoms with Crippen LogP contribution >= 0.6 is 15.9 Å². The maximum Gasteiger partial charge on any atom is 0.301 e. The van der Waals surface area contributed by atoms with E-state index in [1.54, 1.807) is 18.2 Å². The van der Waals surface area contributed by atoms with Gasteiger partial charge in [-0.3, -0.25) is 4.72 Å². The van der Waals surface area contributed by atoms with E-state index in [0.717, 1.165) is 0 Å². The standard InChI is InChI=1S/C11H13BrN4O2S/c12-10-2-1-9(8-13)11(7-10)15-19(17,18)16-5-3-14-4-6-16/h1-2,7,14-15H,3-6H2. The Morgan fingerprint density at radius 3 is 2.68 bits per heavy atom. The molecule has 8 heteroatoms. The minimum Gasteiger partial charge on any atom is -0.314 e. The van der Waals surface area contributed by atoms with Gasteiger partial charge in [-0.05, 0) is 18.2 Å². The van der Waals surface area contributed by atoms with E-state index in [1.165, 1.54) is 4.31 Å². The van der Waals surface area contributed by atoms with E-state index in [-0.39, 0.29) is 5.69 Å². The smallest absolute Gasteiger partial charge is 0.301 e. The van der Waals surface area contributed by atoms with Gasteiger partial charge in [0.05, 0.1) is 11.3 Å². The summed E-state index contributed by atoms with van der Waals surface area (Å²) in [6, 6.07) is 6.82. The molecule has 1 aromatic carbocycles. The average Bonchev–Trinajstić information content (AvgIpc) is 2.39. The van der Waals surface area contributed by atoms with Gasteiger partial charge in [-0.2, -0.15) is 18.0 Å². The molecule has 1 aromatic rings. The third-order valence-electron chi connectivity index (χ3n) is 2.76. The van der Waals surface area contributed by atoms with Crippen LogP contribution in [0.15, 0.2) is 22.7 Å². The second-order valence-corrected chi connectivity index (χ2v) is 6.64. The van der Waals surface area contributed by atoms with Crippen molar-refractivity contribution >= 4 is 31.8 Å². The SMILES string of the molecule is N#Cc1ccc(Br)cc1NS(=O)(=O)N1CCNCC1. The number of rotatable bonds is 3. The van der Waals surface area contributed by atoms with Gasteiger partial charge in [0.1, 0.15) is 6.07 Å². The summed E-state index contributed by atoms with van der Waals surface area (Å²) in [5, 5.41) is 12.1. The molecule has 0 unspecified atom stereocenters. The number of hydrogen-bond acceptors (Lipinski definition) is 4. The third kappa shape index (κ3) is 3.45. The zero-order valence-corrected chi connectivity index (χ0v) is 12.5. The highest BCUT2D eigenvalue weighted by atomic mass is 79.9. The number of halogens is 1. The predicted octanol–water partition coefficient (Wildman–Crippen LogP) is 0.883. The molecule has 2 N–H and O–H groups in total. The first-order valence-corrected chi connectivity index (χ1v) is 7.94. The molecule has 1 aliphatic heterocycles. The van der Waals surface area contributed by atoms with Gasteiger partial charge in [0.15, 0.2) is 0 Å². The lowest BCUT2D eigenvalue weighted by Crippen LogP contribution is -2.48. The van der Waals surface area contributed by atoms with Gasteiger partial charge in [0.2, 0.25) is 0 Å². The lowest BCUT2D eigenvalue weighted by atomic mass is 10.2. The second-order valence-electron chi connectivity index (χ2n) is 4.06. The monoisotopic (exact) mass is 344 g/mol. The fourth-order valence-electron chi connectivity index (χ4n) is 1.79. The summed E-state index contributed by atoms with van der Waals surface area (Å²) < 4.78 is 28.9. The van der Waals surface area contributed by atoms with Crippen LogP contribution in [0.25, 0.3) is 0 Å². The summed E-state index contributed by atoms with van der Waals surface area (Å²) in [6.45, 7) is 2.10. The predicted molar refractivity (Wildman–Crippen MR) is 75.8 cm³/mol. The Morgan fingerprint density at radius 1 is 1.37 bits per heavy atom. The van der Waals surface area contributed by atoms with Crippen molar-refractivity contribution in [3.8, 4) is 6.07 Å². The molecule has 6 nitrogen and oxygen atoms in total. The quantitative estimate of drug-likeness (QED) is 0.852. The van der Waals surface area contributed by atoms with Gasteiger partial charge >= 0.3 is 10.2 Å². The van der Waals surface area contributed by atoms with Crippen LogP contribution in [0.1, 0.15) is 5.56 Å². The maximum absolute atomic E-state index is 12.2. The molecule has 1 heterocycles. The van der Waals surface area contributed by atoms with Crippen molar-refractivity contribution in [3.05, 3.63) is 28.2 Å². The van der Waals surface area contributed by atoms with Crippen LogP contribution in [0.2, 0.25) is 0 Å². The van der Waals surface area contributed by atoms with Crippen LogP contribution < -0.4 is 10.0 Å². The Kier molecular flexibility index (Phi) is 4.42. The lowest BCUT2D eigenvalue weighted by Gasteiger charge is -2.27. The van der Waals surface area contributed by atoms with Crippen LogP contribution in [0.3, 0.4) is 0 Å². The molecule has 0 atom stereocenters. The number of piperazine rings is 1. The molecule has 2 rings (SSSR count). The largest absolute Gasteiger partial charge is 0.314 e. The number of nitrogens with zero attached hydrogens (tertiary/aromatic N) is 2. The van der Waals surface area contributed by atoms with Gasteiger partial charge in [0, 0.05) is 30.7 Å². The van der Waals surface area contributed by atoms with Crippen molar-refractivity contribution in [2.75, 3.05) is 30.9 Å². The Labute approximate surface area is 120 Å². The van der Waals surface area contributed by atoms with Gasteiger partial charge in [0.25, 0.3) is 0 Å². The highest BCUT2D eigenvalue weighted by molar-refractivity contribution is 9.10. The summed E-state index contributed by atoms with van der Waals surface area (Å²) in [4.78, 5) is 0. The van der Waals surface area contributed by atoms with E-state index < -0.39 is 10.2 Å². The number of hydrogen-bond donors (Lipinski definition) is 2. The summed E-state index contributed by atoms with van der Waals surface area (Å²) in [5.74, 6) is 0. The van der Waals surface area contributed by atoms with Crippen LogP contribution in [0.5, 0.6) is 0 Å². The van der Waals surface area contributed by atoms with Gasteiger partial charge in [-0.15, -0.1) is 0 Å². The molecule has 1 aliphatic rings. The summed E-state index contributed by atoms with van der Waals surface area (Å²) in [6.07, 6.45) is 0. The zero-order chi connectivity index (χ0) is 13.9. The van der Waals surface area contributed by atoms with Crippen LogP contribution in [-0.4, -0.2) is 38.9 Å².